The third-order valence-electron chi connectivity index (χ3n) is 3.81. The van der Waals surface area contributed by atoms with Gasteiger partial charge in [0, 0.05) is 24.3 Å². The molecule has 0 aliphatic carbocycles. The van der Waals surface area contributed by atoms with E-state index in [2.05, 4.69) is 22.0 Å². The fourth-order valence-corrected chi connectivity index (χ4v) is 3.04. The number of carbonyl (C=O) groups is 1. The molecule has 1 aromatic carbocycles. The Labute approximate surface area is 119 Å². The van der Waals surface area contributed by atoms with E-state index in [4.69, 9.17) is 4.74 Å². The Hall–Kier alpha value is -1.75. The number of carbonyl (C=O) groups excluding carboxylic acids is 1. The molecule has 0 aromatic heterocycles. The number of fused-ring (bicyclic) bond motifs is 3. The molecule has 20 heavy (non-hydrogen) atoms. The lowest BCUT2D eigenvalue weighted by Crippen LogP contribution is -2.54. The van der Waals surface area contributed by atoms with Crippen molar-refractivity contribution in [3.63, 3.8) is 0 Å². The van der Waals surface area contributed by atoms with Crippen molar-refractivity contribution in [3.8, 4) is 0 Å². The van der Waals surface area contributed by atoms with Gasteiger partial charge in [0.15, 0.2) is 0 Å². The van der Waals surface area contributed by atoms with Crippen LogP contribution in [0.4, 0.5) is 10.5 Å². The van der Waals surface area contributed by atoms with Crippen molar-refractivity contribution in [2.45, 2.75) is 38.0 Å². The van der Waals surface area contributed by atoms with Crippen molar-refractivity contribution < 1.29 is 9.53 Å². The number of hydrogen-bond acceptors (Lipinski definition) is 4. The van der Waals surface area contributed by atoms with Gasteiger partial charge in [0.05, 0.1) is 6.04 Å². The molecule has 1 amide bonds. The Bertz CT molecular complexity index is 538. The minimum atomic E-state index is -0.492. The summed E-state index contributed by atoms with van der Waals surface area (Å²) in [6, 6.07) is 8.27. The van der Waals surface area contributed by atoms with Gasteiger partial charge >= 0.3 is 6.09 Å². The second-order valence-corrected chi connectivity index (χ2v) is 6.47. The van der Waals surface area contributed by atoms with E-state index in [1.165, 1.54) is 0 Å². The van der Waals surface area contributed by atoms with Gasteiger partial charge in [0.1, 0.15) is 11.1 Å². The van der Waals surface area contributed by atoms with Gasteiger partial charge in [0.2, 0.25) is 0 Å². The summed E-state index contributed by atoms with van der Waals surface area (Å²) in [6.45, 7) is 7.14. The van der Waals surface area contributed by atoms with Gasteiger partial charge in [0.25, 0.3) is 0 Å². The molecule has 108 valence electrons. The average molecular weight is 275 g/mol. The first-order chi connectivity index (χ1) is 9.41. The Morgan fingerprint density at radius 2 is 2.15 bits per heavy atom. The van der Waals surface area contributed by atoms with Crippen molar-refractivity contribution >= 4 is 11.8 Å². The second kappa shape index (κ2) is 4.38. The maximum atomic E-state index is 12.2. The lowest BCUT2D eigenvalue weighted by atomic mass is 9.88. The van der Waals surface area contributed by atoms with Crippen molar-refractivity contribution in [1.29, 1.82) is 0 Å². The van der Waals surface area contributed by atoms with Crippen LogP contribution < -0.4 is 16.0 Å². The van der Waals surface area contributed by atoms with Crippen LogP contribution in [-0.4, -0.2) is 30.8 Å². The molecule has 0 spiro atoms. The van der Waals surface area contributed by atoms with Gasteiger partial charge in [-0.1, -0.05) is 18.2 Å². The summed E-state index contributed by atoms with van der Waals surface area (Å²) in [5.74, 6) is 0. The summed E-state index contributed by atoms with van der Waals surface area (Å²) < 4.78 is 5.41. The second-order valence-electron chi connectivity index (χ2n) is 6.47. The molecule has 1 fully saturated rings. The molecule has 3 rings (SSSR count). The Morgan fingerprint density at radius 3 is 2.90 bits per heavy atom. The monoisotopic (exact) mass is 275 g/mol. The predicted molar refractivity (Wildman–Crippen MR) is 77.8 cm³/mol. The average Bonchev–Trinajstić information content (AvgIpc) is 2.82. The zero-order chi connectivity index (χ0) is 14.4. The number of para-hydroxylation sites is 1. The highest BCUT2D eigenvalue weighted by molar-refractivity contribution is 5.73. The van der Waals surface area contributed by atoms with Gasteiger partial charge in [-0.05, 0) is 26.8 Å². The predicted octanol–water partition coefficient (Wildman–Crippen LogP) is 1.80. The molecule has 2 aliphatic rings. The smallest absolute Gasteiger partial charge is 0.408 e. The van der Waals surface area contributed by atoms with Gasteiger partial charge in [-0.25, -0.2) is 4.79 Å². The quantitative estimate of drug-likeness (QED) is 0.731. The number of benzene rings is 1. The minimum absolute atomic E-state index is 0.160. The highest BCUT2D eigenvalue weighted by Gasteiger charge is 2.51. The zero-order valence-corrected chi connectivity index (χ0v) is 12.1. The zero-order valence-electron chi connectivity index (χ0n) is 12.1. The van der Waals surface area contributed by atoms with Crippen LogP contribution in [0.1, 0.15) is 26.3 Å². The van der Waals surface area contributed by atoms with Crippen LogP contribution >= 0.6 is 0 Å². The summed E-state index contributed by atoms with van der Waals surface area (Å²) in [6.07, 6.45) is -0.371. The van der Waals surface area contributed by atoms with E-state index in [0.29, 0.717) is 6.54 Å². The van der Waals surface area contributed by atoms with Crippen LogP contribution in [0.25, 0.3) is 0 Å². The van der Waals surface area contributed by atoms with Crippen LogP contribution in [0, 0.1) is 0 Å². The van der Waals surface area contributed by atoms with Crippen LogP contribution in [-0.2, 0) is 10.3 Å². The summed E-state index contributed by atoms with van der Waals surface area (Å²) in [5, 5.41) is 9.89. The summed E-state index contributed by atoms with van der Waals surface area (Å²) >= 11 is 0. The van der Waals surface area contributed by atoms with Gasteiger partial charge in [-0.2, -0.15) is 0 Å². The SMILES string of the molecule is CC(C)(C)OC(=O)NC12CNCC1Nc1ccccc12. The van der Waals surface area contributed by atoms with E-state index < -0.39 is 11.1 Å². The van der Waals surface area contributed by atoms with Gasteiger partial charge in [-0.3, -0.25) is 0 Å². The maximum absolute atomic E-state index is 12.2. The lowest BCUT2D eigenvalue weighted by molar-refractivity contribution is 0.0460. The Balaban J connectivity index is 1.88. The molecule has 2 aliphatic heterocycles. The molecule has 2 unspecified atom stereocenters. The fourth-order valence-electron chi connectivity index (χ4n) is 3.04. The van der Waals surface area contributed by atoms with Crippen LogP contribution in [0.5, 0.6) is 0 Å². The molecule has 1 saturated heterocycles. The number of rotatable bonds is 1. The molecular weight excluding hydrogens is 254 g/mol. The molecule has 5 nitrogen and oxygen atoms in total. The number of anilines is 1. The molecule has 5 heteroatoms. The molecule has 2 atom stereocenters. The first-order valence-electron chi connectivity index (χ1n) is 6.99. The molecule has 0 radical (unpaired) electrons. The number of amides is 1. The van der Waals surface area contributed by atoms with Crippen molar-refractivity contribution in [3.05, 3.63) is 29.8 Å². The van der Waals surface area contributed by atoms with Crippen molar-refractivity contribution in [2.75, 3.05) is 18.4 Å². The first kappa shape index (κ1) is 13.2. The Morgan fingerprint density at radius 1 is 1.40 bits per heavy atom. The largest absolute Gasteiger partial charge is 0.444 e. The van der Waals surface area contributed by atoms with E-state index >= 15 is 0 Å². The van der Waals surface area contributed by atoms with Gasteiger partial charge in [-0.15, -0.1) is 0 Å². The molecular formula is C15H21N3O2. The minimum Gasteiger partial charge on any atom is -0.444 e. The standard InChI is InChI=1S/C15H21N3O2/c1-14(2,3)20-13(19)18-15-9-16-8-12(15)17-11-7-5-4-6-10(11)15/h4-7,12,16-17H,8-9H2,1-3H3,(H,18,19). The fraction of sp³-hybridized carbons (Fsp3) is 0.533. The molecule has 0 bridgehead atoms. The Kier molecular flexibility index (Phi) is 2.90. The lowest BCUT2D eigenvalue weighted by Gasteiger charge is -2.31. The number of hydrogen-bond donors (Lipinski definition) is 3. The first-order valence-corrected chi connectivity index (χ1v) is 6.99. The topological polar surface area (TPSA) is 62.4 Å². The van der Waals surface area contributed by atoms with E-state index in [9.17, 15) is 4.79 Å². The third kappa shape index (κ3) is 2.12. The van der Waals surface area contributed by atoms with Crippen LogP contribution in [0.3, 0.4) is 0 Å². The van der Waals surface area contributed by atoms with Crippen molar-refractivity contribution in [2.24, 2.45) is 0 Å². The highest BCUT2D eigenvalue weighted by Crippen LogP contribution is 2.41. The van der Waals surface area contributed by atoms with Crippen molar-refractivity contribution in [1.82, 2.24) is 10.6 Å². The van der Waals surface area contributed by atoms with E-state index in [1.807, 2.05) is 39.0 Å². The van der Waals surface area contributed by atoms with E-state index in [0.717, 1.165) is 17.8 Å². The van der Waals surface area contributed by atoms with Crippen LogP contribution in [0.15, 0.2) is 24.3 Å². The van der Waals surface area contributed by atoms with E-state index in [-0.39, 0.29) is 12.1 Å². The van der Waals surface area contributed by atoms with E-state index in [1.54, 1.807) is 0 Å². The molecule has 2 heterocycles. The summed E-state index contributed by atoms with van der Waals surface area (Å²) in [7, 11) is 0. The number of ether oxygens (including phenoxy) is 1. The maximum Gasteiger partial charge on any atom is 0.408 e. The highest BCUT2D eigenvalue weighted by atomic mass is 16.6. The molecule has 3 N–H and O–H groups in total. The van der Waals surface area contributed by atoms with Gasteiger partial charge < -0.3 is 20.7 Å². The molecule has 0 saturated carbocycles. The summed E-state index contributed by atoms with van der Waals surface area (Å²) in [4.78, 5) is 12.2. The number of alkyl carbamates (subject to hydrolysis) is 1. The normalized spacial score (nSPS) is 27.4. The molecule has 1 aromatic rings. The van der Waals surface area contributed by atoms with Crippen LogP contribution in [0.2, 0.25) is 0 Å². The summed E-state index contributed by atoms with van der Waals surface area (Å²) in [5.41, 5.74) is 1.31. The third-order valence-corrected chi connectivity index (χ3v) is 3.81. The number of nitrogens with one attached hydrogen (secondary N) is 3.